The van der Waals surface area contributed by atoms with E-state index in [-0.39, 0.29) is 0 Å². The average molecular weight is 591 g/mol. The van der Waals surface area contributed by atoms with E-state index in [4.69, 9.17) is 4.98 Å². The van der Waals surface area contributed by atoms with Gasteiger partial charge in [-0.1, -0.05) is 78.9 Å². The number of nitrogens with zero attached hydrogens (tertiary/aromatic N) is 4. The number of fused-ring (bicyclic) bond motifs is 7. The van der Waals surface area contributed by atoms with Gasteiger partial charge in [0.2, 0.25) is 0 Å². The van der Waals surface area contributed by atoms with Crippen LogP contribution in [0.3, 0.4) is 0 Å². The Kier molecular flexibility index (Phi) is 6.07. The van der Waals surface area contributed by atoms with Crippen molar-refractivity contribution in [2.75, 3.05) is 4.90 Å². The van der Waals surface area contributed by atoms with E-state index in [0.29, 0.717) is 0 Å². The number of aryl methyl sites for hydroxylation is 1. The largest absolute Gasteiger partial charge is 0.310 e. The third-order valence-corrected chi connectivity index (χ3v) is 9.13. The first-order valence-electron chi connectivity index (χ1n) is 15.7. The molecule has 0 amide bonds. The molecule has 0 spiro atoms. The van der Waals surface area contributed by atoms with Crippen LogP contribution < -0.4 is 4.90 Å². The highest BCUT2D eigenvalue weighted by Gasteiger charge is 2.25. The van der Waals surface area contributed by atoms with Gasteiger partial charge in [0, 0.05) is 45.8 Å². The van der Waals surface area contributed by atoms with Gasteiger partial charge in [-0.2, -0.15) is 0 Å². The van der Waals surface area contributed by atoms with E-state index in [1.54, 1.807) is 0 Å². The minimum atomic E-state index is 0.914. The predicted octanol–water partition coefficient (Wildman–Crippen LogP) is 10.6. The summed E-state index contributed by atoms with van der Waals surface area (Å²) in [6.07, 6.45) is 4.76. The van der Waals surface area contributed by atoms with E-state index >= 15 is 0 Å². The van der Waals surface area contributed by atoms with Crippen LogP contribution in [0.5, 0.6) is 0 Å². The van der Waals surface area contributed by atoms with Crippen molar-refractivity contribution in [2.24, 2.45) is 0 Å². The van der Waals surface area contributed by atoms with Gasteiger partial charge in [-0.05, 0) is 102 Å². The summed E-state index contributed by atoms with van der Waals surface area (Å²) in [7, 11) is 0. The molecule has 46 heavy (non-hydrogen) atoms. The van der Waals surface area contributed by atoms with Gasteiger partial charge in [0.05, 0.1) is 16.7 Å². The Balaban J connectivity index is 1.32. The molecular formula is C42H30N4. The minimum absolute atomic E-state index is 0.914. The predicted molar refractivity (Wildman–Crippen MR) is 189 cm³/mol. The van der Waals surface area contributed by atoms with E-state index in [0.717, 1.165) is 51.6 Å². The van der Waals surface area contributed by atoms with Crippen molar-refractivity contribution in [3.8, 4) is 28.2 Å². The Morgan fingerprint density at radius 1 is 0.609 bits per heavy atom. The molecule has 218 valence electrons. The van der Waals surface area contributed by atoms with Crippen molar-refractivity contribution in [1.29, 1.82) is 0 Å². The van der Waals surface area contributed by atoms with E-state index in [9.17, 15) is 0 Å². The number of pyridine rings is 2. The lowest BCUT2D eigenvalue weighted by Gasteiger charge is -2.26. The summed E-state index contributed by atoms with van der Waals surface area (Å²) in [5, 5.41) is 2.51. The molecule has 4 heteroatoms. The zero-order valence-corrected chi connectivity index (χ0v) is 25.4. The van der Waals surface area contributed by atoms with Gasteiger partial charge in [-0.3, -0.25) is 9.55 Å². The van der Waals surface area contributed by atoms with Gasteiger partial charge < -0.3 is 4.90 Å². The fourth-order valence-corrected chi connectivity index (χ4v) is 7.06. The van der Waals surface area contributed by atoms with E-state index in [1.165, 1.54) is 38.5 Å². The molecule has 0 atom stereocenters. The molecule has 8 aromatic rings. The molecule has 4 nitrogen and oxygen atoms in total. The Hall–Kier alpha value is -6.00. The molecule has 0 aliphatic heterocycles. The standard InChI is InChI=1S/C42H30N4/c1-28-17-22-40(44-27-28)46-38-21-18-31-24-29-10-5-6-15-35(29)41(31)42(38)36-20-19-34(26-39(36)46)45(32-12-3-2-4-13-32)33-14-9-11-30(25-33)37-16-7-8-23-43-37/h2-23,25-27H,24H2,1H3. The van der Waals surface area contributed by atoms with Gasteiger partial charge in [0.1, 0.15) is 5.82 Å². The van der Waals surface area contributed by atoms with E-state index in [2.05, 4.69) is 149 Å². The first-order chi connectivity index (χ1) is 22.7. The van der Waals surface area contributed by atoms with Gasteiger partial charge in [0.25, 0.3) is 0 Å². The van der Waals surface area contributed by atoms with Crippen molar-refractivity contribution in [3.63, 3.8) is 0 Å². The lowest BCUT2D eigenvalue weighted by Crippen LogP contribution is -2.10. The minimum Gasteiger partial charge on any atom is -0.310 e. The highest BCUT2D eigenvalue weighted by Crippen LogP contribution is 2.47. The van der Waals surface area contributed by atoms with Crippen molar-refractivity contribution in [1.82, 2.24) is 14.5 Å². The van der Waals surface area contributed by atoms with Crippen LogP contribution in [-0.2, 0) is 6.42 Å². The van der Waals surface area contributed by atoms with Crippen molar-refractivity contribution < 1.29 is 0 Å². The lowest BCUT2D eigenvalue weighted by atomic mass is 9.99. The summed E-state index contributed by atoms with van der Waals surface area (Å²) in [6, 6.07) is 49.8. The third-order valence-electron chi connectivity index (χ3n) is 9.13. The monoisotopic (exact) mass is 590 g/mol. The maximum absolute atomic E-state index is 4.94. The normalized spacial score (nSPS) is 11.9. The Labute approximate surface area is 267 Å². The number of aromatic nitrogens is 3. The lowest BCUT2D eigenvalue weighted by molar-refractivity contribution is 1.07. The number of hydrogen-bond donors (Lipinski definition) is 0. The molecule has 9 rings (SSSR count). The average Bonchev–Trinajstić information content (AvgIpc) is 3.65. The SMILES string of the molecule is Cc1ccc(-n2c3cc(N(c4ccccc4)c4cccc(-c5ccccn5)c4)ccc3c3c4c(ccc32)Cc2ccccc2-4)nc1. The first-order valence-corrected chi connectivity index (χ1v) is 15.7. The Bertz CT molecular complexity index is 2390. The number of para-hydroxylation sites is 1. The molecule has 0 N–H and O–H groups in total. The molecule has 0 saturated carbocycles. The van der Waals surface area contributed by atoms with Crippen LogP contribution in [0.4, 0.5) is 17.1 Å². The molecule has 0 unspecified atom stereocenters. The number of hydrogen-bond acceptors (Lipinski definition) is 3. The number of benzene rings is 5. The van der Waals surface area contributed by atoms with Crippen LogP contribution in [0.25, 0.3) is 50.0 Å². The fraction of sp³-hybridized carbons (Fsp3) is 0.0476. The summed E-state index contributed by atoms with van der Waals surface area (Å²) in [5.41, 5.74) is 14.1. The van der Waals surface area contributed by atoms with Gasteiger partial charge in [0.15, 0.2) is 0 Å². The Morgan fingerprint density at radius 3 is 2.28 bits per heavy atom. The van der Waals surface area contributed by atoms with Crippen LogP contribution in [0.1, 0.15) is 16.7 Å². The topological polar surface area (TPSA) is 34.0 Å². The highest BCUT2D eigenvalue weighted by atomic mass is 15.1. The summed E-state index contributed by atoms with van der Waals surface area (Å²) >= 11 is 0. The second-order valence-electron chi connectivity index (χ2n) is 12.0. The zero-order valence-electron chi connectivity index (χ0n) is 25.4. The molecular weight excluding hydrogens is 560 g/mol. The molecule has 3 aromatic heterocycles. The van der Waals surface area contributed by atoms with Crippen molar-refractivity contribution in [3.05, 3.63) is 169 Å². The van der Waals surface area contributed by atoms with Crippen LogP contribution in [0, 0.1) is 6.92 Å². The fourth-order valence-electron chi connectivity index (χ4n) is 7.06. The van der Waals surface area contributed by atoms with Crippen molar-refractivity contribution >= 4 is 38.9 Å². The second-order valence-corrected chi connectivity index (χ2v) is 12.0. The summed E-state index contributed by atoms with van der Waals surface area (Å²) < 4.78 is 2.34. The summed E-state index contributed by atoms with van der Waals surface area (Å²) in [5.74, 6) is 0.914. The number of rotatable bonds is 5. The van der Waals surface area contributed by atoms with Crippen molar-refractivity contribution in [2.45, 2.75) is 13.3 Å². The molecule has 0 saturated heterocycles. The van der Waals surface area contributed by atoms with E-state index < -0.39 is 0 Å². The van der Waals surface area contributed by atoms with Gasteiger partial charge in [-0.25, -0.2) is 4.98 Å². The smallest absolute Gasteiger partial charge is 0.137 e. The van der Waals surface area contributed by atoms with Crippen LogP contribution in [0.2, 0.25) is 0 Å². The third kappa shape index (κ3) is 4.22. The van der Waals surface area contributed by atoms with Crippen LogP contribution >= 0.6 is 0 Å². The maximum atomic E-state index is 4.94. The van der Waals surface area contributed by atoms with Crippen LogP contribution in [0.15, 0.2) is 152 Å². The molecule has 1 aliphatic carbocycles. The molecule has 0 radical (unpaired) electrons. The Morgan fingerprint density at radius 2 is 1.43 bits per heavy atom. The second kappa shape index (κ2) is 10.6. The van der Waals surface area contributed by atoms with Gasteiger partial charge >= 0.3 is 0 Å². The highest BCUT2D eigenvalue weighted by molar-refractivity contribution is 6.18. The number of anilines is 3. The molecule has 0 bridgehead atoms. The quantitative estimate of drug-likeness (QED) is 0.200. The summed E-state index contributed by atoms with van der Waals surface area (Å²) in [6.45, 7) is 2.08. The molecule has 1 aliphatic rings. The zero-order chi connectivity index (χ0) is 30.6. The van der Waals surface area contributed by atoms with E-state index in [1.807, 2.05) is 24.5 Å². The van der Waals surface area contributed by atoms with Gasteiger partial charge in [-0.15, -0.1) is 0 Å². The molecule has 0 fully saturated rings. The first kappa shape index (κ1) is 26.4. The van der Waals surface area contributed by atoms with Crippen LogP contribution in [-0.4, -0.2) is 14.5 Å². The molecule has 5 aromatic carbocycles. The summed E-state index contributed by atoms with van der Waals surface area (Å²) in [4.78, 5) is 11.9. The maximum Gasteiger partial charge on any atom is 0.137 e. The molecule has 3 heterocycles.